The molecule has 0 saturated carbocycles. The second-order valence-corrected chi connectivity index (χ2v) is 7.30. The van der Waals surface area contributed by atoms with E-state index in [1.807, 2.05) is 6.20 Å². The first kappa shape index (κ1) is 18.0. The molecule has 2 N–H and O–H groups in total. The zero-order valence-corrected chi connectivity index (χ0v) is 15.9. The van der Waals surface area contributed by atoms with Crippen molar-refractivity contribution < 1.29 is 4.39 Å². The Morgan fingerprint density at radius 3 is 3.00 bits per heavy atom. The number of H-pyrrole nitrogens is 1. The molecule has 1 atom stereocenters. The van der Waals surface area contributed by atoms with Gasteiger partial charge >= 0.3 is 0 Å². The predicted molar refractivity (Wildman–Crippen MR) is 109 cm³/mol. The average molecular weight is 369 g/mol. The maximum absolute atomic E-state index is 13.5. The molecule has 27 heavy (non-hydrogen) atoms. The van der Waals surface area contributed by atoms with E-state index in [-0.39, 0.29) is 5.82 Å². The van der Waals surface area contributed by atoms with Crippen LogP contribution >= 0.6 is 0 Å². The van der Waals surface area contributed by atoms with Crippen molar-refractivity contribution in [3.63, 3.8) is 0 Å². The molecule has 4 rings (SSSR count). The molecule has 144 valence electrons. The van der Waals surface area contributed by atoms with Crippen molar-refractivity contribution in [2.75, 3.05) is 39.3 Å². The van der Waals surface area contributed by atoms with Gasteiger partial charge in [-0.25, -0.2) is 4.39 Å². The van der Waals surface area contributed by atoms with Crippen LogP contribution in [0, 0.1) is 5.82 Å². The molecule has 2 aliphatic heterocycles. The van der Waals surface area contributed by atoms with Crippen molar-refractivity contribution in [2.45, 2.75) is 25.8 Å². The maximum Gasteiger partial charge on any atom is 0.193 e. The highest BCUT2D eigenvalue weighted by Gasteiger charge is 2.29. The normalized spacial score (nSPS) is 20.9. The Kier molecular flexibility index (Phi) is 5.43. The summed E-state index contributed by atoms with van der Waals surface area (Å²) in [6.07, 6.45) is 8.47. The molecule has 0 bridgehead atoms. The molecule has 1 saturated heterocycles. The summed E-state index contributed by atoms with van der Waals surface area (Å²) >= 11 is 0. The lowest BCUT2D eigenvalue weighted by molar-refractivity contribution is 0.259. The van der Waals surface area contributed by atoms with E-state index in [2.05, 4.69) is 39.2 Å². The number of aliphatic imine (C=N–C) groups is 1. The van der Waals surface area contributed by atoms with E-state index < -0.39 is 0 Å². The van der Waals surface area contributed by atoms with Crippen LogP contribution in [-0.4, -0.2) is 66.1 Å². The van der Waals surface area contributed by atoms with Gasteiger partial charge in [0.2, 0.25) is 0 Å². The zero-order valence-electron chi connectivity index (χ0n) is 15.9. The number of nitrogens with one attached hydrogen (secondary N) is 2. The first-order valence-corrected chi connectivity index (χ1v) is 9.92. The molecular weight excluding hydrogens is 341 g/mol. The van der Waals surface area contributed by atoms with Gasteiger partial charge in [-0.1, -0.05) is 12.2 Å². The molecule has 0 amide bonds. The minimum atomic E-state index is -0.195. The maximum atomic E-state index is 13.5. The van der Waals surface area contributed by atoms with Crippen LogP contribution in [0.2, 0.25) is 0 Å². The molecule has 3 heterocycles. The number of guanidine groups is 1. The molecule has 1 fully saturated rings. The van der Waals surface area contributed by atoms with Crippen LogP contribution in [0.4, 0.5) is 4.39 Å². The van der Waals surface area contributed by atoms with Gasteiger partial charge < -0.3 is 15.2 Å². The highest BCUT2D eigenvalue weighted by atomic mass is 19.1. The minimum Gasteiger partial charge on any atom is -0.361 e. The summed E-state index contributed by atoms with van der Waals surface area (Å²) in [5, 5.41) is 4.39. The van der Waals surface area contributed by atoms with E-state index in [1.54, 1.807) is 12.1 Å². The lowest BCUT2D eigenvalue weighted by Gasteiger charge is -2.25. The van der Waals surface area contributed by atoms with Crippen LogP contribution in [0.15, 0.2) is 41.5 Å². The number of fused-ring (bicyclic) bond motifs is 1. The van der Waals surface area contributed by atoms with Gasteiger partial charge in [0.05, 0.1) is 0 Å². The van der Waals surface area contributed by atoms with Crippen molar-refractivity contribution in [3.05, 3.63) is 47.9 Å². The Morgan fingerprint density at radius 2 is 2.19 bits per heavy atom. The number of halogens is 1. The number of hydrogen-bond donors (Lipinski definition) is 2. The Bertz CT molecular complexity index is 832. The fourth-order valence-corrected chi connectivity index (χ4v) is 4.09. The fourth-order valence-electron chi connectivity index (χ4n) is 4.09. The number of nitrogens with zero attached hydrogens (tertiary/aromatic N) is 3. The number of aromatic amines is 1. The summed E-state index contributed by atoms with van der Waals surface area (Å²) in [7, 11) is 0. The van der Waals surface area contributed by atoms with Crippen molar-refractivity contribution >= 4 is 16.9 Å². The van der Waals surface area contributed by atoms with E-state index in [1.165, 1.54) is 12.5 Å². The van der Waals surface area contributed by atoms with Crippen LogP contribution in [0.5, 0.6) is 0 Å². The van der Waals surface area contributed by atoms with Gasteiger partial charge in [0.1, 0.15) is 5.82 Å². The van der Waals surface area contributed by atoms with Crippen molar-refractivity contribution in [2.24, 2.45) is 4.99 Å². The van der Waals surface area contributed by atoms with Crippen LogP contribution in [-0.2, 0) is 6.42 Å². The topological polar surface area (TPSA) is 46.7 Å². The molecule has 1 aromatic carbocycles. The molecule has 0 radical (unpaired) electrons. The Hall–Kier alpha value is -2.34. The first-order chi connectivity index (χ1) is 13.2. The summed E-state index contributed by atoms with van der Waals surface area (Å²) in [5.41, 5.74) is 2.09. The van der Waals surface area contributed by atoms with Gasteiger partial charge in [0, 0.05) is 62.4 Å². The number of benzene rings is 1. The smallest absolute Gasteiger partial charge is 0.193 e. The summed E-state index contributed by atoms with van der Waals surface area (Å²) in [6.45, 7) is 7.89. The number of likely N-dealkylation sites (tertiary alicyclic amines) is 1. The first-order valence-electron chi connectivity index (χ1n) is 9.92. The molecule has 6 heteroatoms. The molecule has 0 aliphatic carbocycles. The van der Waals surface area contributed by atoms with Crippen molar-refractivity contribution in [1.82, 2.24) is 20.1 Å². The van der Waals surface area contributed by atoms with E-state index in [0.29, 0.717) is 12.6 Å². The van der Waals surface area contributed by atoms with Crippen molar-refractivity contribution in [1.29, 1.82) is 0 Å². The SMILES string of the molecule is CCNC(=NCCc1c[nH]c2ccc(F)cc12)N1CCC(N2CC=CC2)C1. The number of rotatable bonds is 5. The second-order valence-electron chi connectivity index (χ2n) is 7.30. The molecule has 2 aliphatic rings. The van der Waals surface area contributed by atoms with Gasteiger partial charge in [-0.05, 0) is 43.5 Å². The van der Waals surface area contributed by atoms with Gasteiger partial charge in [0.25, 0.3) is 0 Å². The standard InChI is InChI=1S/C21H28FN5/c1-2-23-21(27-12-8-18(15-27)26-10-3-4-11-26)24-9-7-16-14-25-20-6-5-17(22)13-19(16)20/h3-6,13-14,18,25H,2,7-12,15H2,1H3,(H,23,24). The molecule has 2 aromatic rings. The van der Waals surface area contributed by atoms with Crippen molar-refractivity contribution in [3.8, 4) is 0 Å². The van der Waals surface area contributed by atoms with E-state index >= 15 is 0 Å². The number of aromatic nitrogens is 1. The van der Waals surface area contributed by atoms with Gasteiger partial charge in [-0.2, -0.15) is 0 Å². The van der Waals surface area contributed by atoms with E-state index in [4.69, 9.17) is 4.99 Å². The largest absolute Gasteiger partial charge is 0.361 e. The Morgan fingerprint density at radius 1 is 1.33 bits per heavy atom. The third kappa shape index (κ3) is 4.00. The summed E-state index contributed by atoms with van der Waals surface area (Å²) in [6, 6.07) is 5.49. The number of hydrogen-bond acceptors (Lipinski definition) is 2. The quantitative estimate of drug-likeness (QED) is 0.484. The Balaban J connectivity index is 1.39. The lowest BCUT2D eigenvalue weighted by atomic mass is 10.1. The van der Waals surface area contributed by atoms with Gasteiger partial charge in [-0.15, -0.1) is 0 Å². The zero-order chi connectivity index (χ0) is 18.6. The van der Waals surface area contributed by atoms with E-state index in [0.717, 1.165) is 61.6 Å². The van der Waals surface area contributed by atoms with Gasteiger partial charge in [-0.3, -0.25) is 9.89 Å². The summed E-state index contributed by atoms with van der Waals surface area (Å²) in [5.74, 6) is 0.804. The van der Waals surface area contributed by atoms with Crippen LogP contribution < -0.4 is 5.32 Å². The summed E-state index contributed by atoms with van der Waals surface area (Å²) in [4.78, 5) is 13.0. The molecule has 1 aromatic heterocycles. The minimum absolute atomic E-state index is 0.195. The monoisotopic (exact) mass is 369 g/mol. The Labute approximate surface area is 159 Å². The van der Waals surface area contributed by atoms with Crippen LogP contribution in [0.25, 0.3) is 10.9 Å². The van der Waals surface area contributed by atoms with E-state index in [9.17, 15) is 4.39 Å². The van der Waals surface area contributed by atoms with Gasteiger partial charge in [0.15, 0.2) is 5.96 Å². The molecular formula is C21H28FN5. The molecule has 5 nitrogen and oxygen atoms in total. The van der Waals surface area contributed by atoms with Crippen LogP contribution in [0.3, 0.4) is 0 Å². The lowest BCUT2D eigenvalue weighted by Crippen LogP contribution is -2.43. The average Bonchev–Trinajstić information content (AvgIpc) is 3.41. The highest BCUT2D eigenvalue weighted by Crippen LogP contribution is 2.20. The summed E-state index contributed by atoms with van der Waals surface area (Å²) < 4.78 is 13.5. The second kappa shape index (κ2) is 8.13. The third-order valence-corrected chi connectivity index (χ3v) is 5.53. The molecule has 0 spiro atoms. The third-order valence-electron chi connectivity index (χ3n) is 5.53. The predicted octanol–water partition coefficient (Wildman–Crippen LogP) is 2.76. The molecule has 1 unspecified atom stereocenters. The fraction of sp³-hybridized carbons (Fsp3) is 0.476. The highest BCUT2D eigenvalue weighted by molar-refractivity contribution is 5.83. The van der Waals surface area contributed by atoms with Crippen LogP contribution in [0.1, 0.15) is 18.9 Å².